The highest BCUT2D eigenvalue weighted by Gasteiger charge is 2.22. The van der Waals surface area contributed by atoms with Crippen molar-refractivity contribution < 1.29 is 14.3 Å². The molecule has 1 unspecified atom stereocenters. The number of thioether (sulfide) groups is 1. The minimum Gasteiger partial charge on any atom is -0.493 e. The third-order valence-corrected chi connectivity index (χ3v) is 7.21. The smallest absolute Gasteiger partial charge is 0.237 e. The quantitative estimate of drug-likeness (QED) is 0.233. The van der Waals surface area contributed by atoms with E-state index in [1.165, 1.54) is 11.8 Å². The maximum Gasteiger partial charge on any atom is 0.237 e. The first-order valence-electron chi connectivity index (χ1n) is 11.8. The average molecular weight is 544 g/mol. The van der Waals surface area contributed by atoms with E-state index < -0.39 is 5.25 Å². The van der Waals surface area contributed by atoms with Gasteiger partial charge in [0, 0.05) is 21.8 Å². The molecule has 0 aliphatic carbocycles. The summed E-state index contributed by atoms with van der Waals surface area (Å²) in [5.74, 6) is 0.908. The molecule has 1 heterocycles. The van der Waals surface area contributed by atoms with Crippen LogP contribution in [0.15, 0.2) is 77.8 Å². The van der Waals surface area contributed by atoms with Gasteiger partial charge in [-0.2, -0.15) is 5.26 Å². The normalized spacial score (nSPS) is 11.4. The fraction of sp³-hybridized carbons (Fsp3) is 0.167. The summed E-state index contributed by atoms with van der Waals surface area (Å²) in [5.41, 5.74) is 5.15. The van der Waals surface area contributed by atoms with Crippen LogP contribution in [0.25, 0.3) is 22.4 Å². The van der Waals surface area contributed by atoms with Gasteiger partial charge >= 0.3 is 0 Å². The summed E-state index contributed by atoms with van der Waals surface area (Å²) in [6.07, 6.45) is 0. The Labute approximate surface area is 231 Å². The van der Waals surface area contributed by atoms with Gasteiger partial charge in [0.25, 0.3) is 0 Å². The molecule has 0 saturated heterocycles. The molecule has 38 heavy (non-hydrogen) atoms. The number of benzene rings is 3. The van der Waals surface area contributed by atoms with E-state index in [0.717, 1.165) is 16.7 Å². The summed E-state index contributed by atoms with van der Waals surface area (Å²) in [6, 6.07) is 24.7. The molecule has 6 nitrogen and oxygen atoms in total. The van der Waals surface area contributed by atoms with Crippen molar-refractivity contribution in [1.29, 1.82) is 5.26 Å². The van der Waals surface area contributed by atoms with Gasteiger partial charge < -0.3 is 14.8 Å². The molecule has 1 N–H and O–H groups in total. The molecule has 0 radical (unpaired) electrons. The highest BCUT2D eigenvalue weighted by atomic mass is 35.5. The number of carbonyl (C=O) groups is 1. The van der Waals surface area contributed by atoms with Crippen molar-refractivity contribution in [3.05, 3.63) is 88.9 Å². The molecule has 0 saturated carbocycles. The fourth-order valence-electron chi connectivity index (χ4n) is 3.85. The number of methoxy groups -OCH3 is 2. The minimum atomic E-state index is -0.542. The first-order valence-corrected chi connectivity index (χ1v) is 13.1. The van der Waals surface area contributed by atoms with E-state index in [0.29, 0.717) is 44.1 Å². The summed E-state index contributed by atoms with van der Waals surface area (Å²) in [7, 11) is 3.14. The number of nitriles is 1. The van der Waals surface area contributed by atoms with E-state index >= 15 is 0 Å². The largest absolute Gasteiger partial charge is 0.493 e. The van der Waals surface area contributed by atoms with Crippen molar-refractivity contribution in [1.82, 2.24) is 4.98 Å². The number of carbonyl (C=O) groups excluding carboxylic acids is 1. The number of aromatic nitrogens is 1. The molecule has 0 spiro atoms. The van der Waals surface area contributed by atoms with E-state index in [-0.39, 0.29) is 5.91 Å². The zero-order valence-corrected chi connectivity index (χ0v) is 23.0. The Morgan fingerprint density at radius 2 is 1.71 bits per heavy atom. The van der Waals surface area contributed by atoms with Gasteiger partial charge in [0.15, 0.2) is 11.5 Å². The molecule has 4 aromatic rings. The number of pyridine rings is 1. The maximum atomic E-state index is 13.0. The van der Waals surface area contributed by atoms with Gasteiger partial charge in [-0.1, -0.05) is 65.3 Å². The summed E-state index contributed by atoms with van der Waals surface area (Å²) in [4.78, 5) is 17.8. The molecule has 1 amide bonds. The summed E-state index contributed by atoms with van der Waals surface area (Å²) < 4.78 is 10.9. The van der Waals surface area contributed by atoms with Crippen molar-refractivity contribution >= 4 is 35.0 Å². The lowest BCUT2D eigenvalue weighted by molar-refractivity contribution is -0.115. The Kier molecular flexibility index (Phi) is 8.57. The number of hydrogen-bond donors (Lipinski definition) is 1. The van der Waals surface area contributed by atoms with Crippen LogP contribution < -0.4 is 14.8 Å². The Morgan fingerprint density at radius 1 is 1.00 bits per heavy atom. The van der Waals surface area contributed by atoms with Crippen LogP contribution in [0.4, 0.5) is 5.69 Å². The molecule has 8 heteroatoms. The van der Waals surface area contributed by atoms with Crippen molar-refractivity contribution in [3.63, 3.8) is 0 Å². The lowest BCUT2D eigenvalue weighted by Gasteiger charge is -2.17. The van der Waals surface area contributed by atoms with Crippen molar-refractivity contribution in [2.75, 3.05) is 19.5 Å². The molecule has 0 aliphatic rings. The second-order valence-corrected chi connectivity index (χ2v) is 10.3. The molecular formula is C30H26ClN3O3S. The van der Waals surface area contributed by atoms with Gasteiger partial charge in [-0.3, -0.25) is 4.79 Å². The van der Waals surface area contributed by atoms with Crippen LogP contribution in [0.3, 0.4) is 0 Å². The number of anilines is 1. The highest BCUT2D eigenvalue weighted by Crippen LogP contribution is 2.39. The van der Waals surface area contributed by atoms with Gasteiger partial charge in [-0.15, -0.1) is 0 Å². The maximum absolute atomic E-state index is 13.0. The third-order valence-electron chi connectivity index (χ3n) is 5.89. The number of hydrogen-bond acceptors (Lipinski definition) is 6. The Morgan fingerprint density at radius 3 is 2.37 bits per heavy atom. The van der Waals surface area contributed by atoms with Crippen molar-refractivity contribution in [2.45, 2.75) is 24.1 Å². The van der Waals surface area contributed by atoms with E-state index in [2.05, 4.69) is 11.4 Å². The van der Waals surface area contributed by atoms with Crippen LogP contribution in [0.5, 0.6) is 11.5 Å². The molecule has 4 rings (SSSR count). The number of nitrogens with one attached hydrogen (secondary N) is 1. The first kappa shape index (κ1) is 27.1. The number of amides is 1. The van der Waals surface area contributed by atoms with Gasteiger partial charge in [-0.25, -0.2) is 4.98 Å². The lowest BCUT2D eigenvalue weighted by Crippen LogP contribution is -2.22. The van der Waals surface area contributed by atoms with Crippen LogP contribution >= 0.6 is 23.4 Å². The number of halogens is 1. The molecule has 0 aliphatic heterocycles. The van der Waals surface area contributed by atoms with Crippen molar-refractivity contribution in [2.24, 2.45) is 0 Å². The van der Waals surface area contributed by atoms with Crippen LogP contribution in [0.1, 0.15) is 18.1 Å². The lowest BCUT2D eigenvalue weighted by atomic mass is 9.98. The van der Waals surface area contributed by atoms with Gasteiger partial charge in [-0.05, 0) is 55.8 Å². The van der Waals surface area contributed by atoms with E-state index in [1.54, 1.807) is 51.5 Å². The summed E-state index contributed by atoms with van der Waals surface area (Å²) >= 11 is 7.29. The molecule has 3 aromatic carbocycles. The monoisotopic (exact) mass is 543 g/mol. The van der Waals surface area contributed by atoms with Crippen molar-refractivity contribution in [3.8, 4) is 40.0 Å². The standard InChI is InChI=1S/C30H26ClN3O3S/c1-18-8-10-20(11-9-18)26-16-24(21-12-13-27(36-3)28(14-21)37-4)25(17-32)30(34-26)38-19(2)29(35)33-23-7-5-6-22(31)15-23/h5-16,19H,1-4H3,(H,33,35). The predicted molar refractivity (Wildman–Crippen MR) is 153 cm³/mol. The predicted octanol–water partition coefficient (Wildman–Crippen LogP) is 7.39. The molecule has 0 fully saturated rings. The second kappa shape index (κ2) is 12.0. The van der Waals surface area contributed by atoms with E-state index in [4.69, 9.17) is 26.1 Å². The zero-order valence-electron chi connectivity index (χ0n) is 21.4. The van der Waals surface area contributed by atoms with Gasteiger partial charge in [0.1, 0.15) is 11.1 Å². The Bertz CT molecular complexity index is 1520. The number of aryl methyl sites for hydroxylation is 1. The topological polar surface area (TPSA) is 84.2 Å². The van der Waals surface area contributed by atoms with Crippen LogP contribution in [-0.4, -0.2) is 30.4 Å². The van der Waals surface area contributed by atoms with Gasteiger partial charge in [0.2, 0.25) is 5.91 Å². The molecular weight excluding hydrogens is 518 g/mol. The molecule has 1 atom stereocenters. The number of ether oxygens (including phenoxy) is 2. The van der Waals surface area contributed by atoms with Crippen LogP contribution in [0, 0.1) is 18.3 Å². The Hall–Kier alpha value is -3.99. The summed E-state index contributed by atoms with van der Waals surface area (Å²) in [5, 5.41) is 13.6. The minimum absolute atomic E-state index is 0.226. The first-order chi connectivity index (χ1) is 18.3. The number of rotatable bonds is 8. The van der Waals surface area contributed by atoms with Crippen LogP contribution in [0.2, 0.25) is 5.02 Å². The van der Waals surface area contributed by atoms with Gasteiger partial charge in [0.05, 0.1) is 30.7 Å². The summed E-state index contributed by atoms with van der Waals surface area (Å²) in [6.45, 7) is 3.80. The fourth-order valence-corrected chi connectivity index (χ4v) is 4.97. The van der Waals surface area contributed by atoms with Crippen LogP contribution in [-0.2, 0) is 4.79 Å². The van der Waals surface area contributed by atoms with E-state index in [1.807, 2.05) is 49.4 Å². The highest BCUT2D eigenvalue weighted by molar-refractivity contribution is 8.00. The molecule has 1 aromatic heterocycles. The Balaban J connectivity index is 1.78. The second-order valence-electron chi connectivity index (χ2n) is 8.54. The zero-order chi connectivity index (χ0) is 27.2. The molecule has 0 bridgehead atoms. The molecule has 192 valence electrons. The number of nitrogens with zero attached hydrogens (tertiary/aromatic N) is 2. The van der Waals surface area contributed by atoms with E-state index in [9.17, 15) is 10.1 Å². The SMILES string of the molecule is COc1ccc(-c2cc(-c3ccc(C)cc3)nc(SC(C)C(=O)Nc3cccc(Cl)c3)c2C#N)cc1OC. The average Bonchev–Trinajstić information content (AvgIpc) is 2.92. The third kappa shape index (κ3) is 6.10.